The minimum atomic E-state index is -0.411. The smallest absolute Gasteiger partial charge is 0.341 e. The van der Waals surface area contributed by atoms with Crippen LogP contribution >= 0.6 is 11.3 Å². The highest BCUT2D eigenvalue weighted by molar-refractivity contribution is 7.15. The quantitative estimate of drug-likeness (QED) is 0.457. The molecule has 0 aliphatic carbocycles. The third kappa shape index (κ3) is 3.35. The maximum absolute atomic E-state index is 13.1. The first-order valence-electron chi connectivity index (χ1n) is 9.68. The van der Waals surface area contributed by atoms with Crippen molar-refractivity contribution >= 4 is 23.0 Å². The highest BCUT2D eigenvalue weighted by Gasteiger charge is 2.24. The van der Waals surface area contributed by atoms with Crippen molar-refractivity contribution in [3.8, 4) is 5.00 Å². The summed E-state index contributed by atoms with van der Waals surface area (Å²) in [4.78, 5) is 31.0. The second-order valence-corrected chi connectivity index (χ2v) is 8.66. The van der Waals surface area contributed by atoms with Crippen molar-refractivity contribution in [2.45, 2.75) is 41.2 Å². The van der Waals surface area contributed by atoms with Gasteiger partial charge in [-0.1, -0.05) is 6.07 Å². The topological polar surface area (TPSA) is 65.6 Å². The van der Waals surface area contributed by atoms with E-state index in [0.29, 0.717) is 16.9 Å². The number of carbonyl (C=O) groups is 1. The van der Waals surface area contributed by atoms with Gasteiger partial charge in [0.05, 0.1) is 11.3 Å². The lowest BCUT2D eigenvalue weighted by atomic mass is 10.1. The fraction of sp³-hybridized carbons (Fsp3) is 0.261. The fourth-order valence-electron chi connectivity index (χ4n) is 3.59. The molecule has 4 aromatic heterocycles. The number of ether oxygens (including phenoxy) is 1. The lowest BCUT2D eigenvalue weighted by Crippen LogP contribution is -2.17. The Morgan fingerprint density at radius 1 is 1.10 bits per heavy atom. The molecule has 0 aromatic carbocycles. The Kier molecular flexibility index (Phi) is 5.07. The van der Waals surface area contributed by atoms with Crippen LogP contribution in [0.25, 0.3) is 10.6 Å². The molecule has 7 heteroatoms. The Bertz CT molecular complexity index is 1320. The normalized spacial score (nSPS) is 11.2. The summed E-state index contributed by atoms with van der Waals surface area (Å²) in [6.07, 6.45) is 1.68. The summed E-state index contributed by atoms with van der Waals surface area (Å²) in [7, 11) is 0. The highest BCUT2D eigenvalue weighted by Crippen LogP contribution is 2.33. The molecule has 4 heterocycles. The van der Waals surface area contributed by atoms with Crippen molar-refractivity contribution in [3.05, 3.63) is 85.5 Å². The standard InChI is InChI=1S/C23H23N3O3S/c1-13-7-6-10-25-19(27)11-18(24-21(13)25)12-29-23(28)20-16(4)17(5)30-22(20)26-14(2)8-9-15(26)3/h6-11H,12H2,1-5H3. The van der Waals surface area contributed by atoms with E-state index in [2.05, 4.69) is 9.55 Å². The summed E-state index contributed by atoms with van der Waals surface area (Å²) >= 11 is 1.58. The van der Waals surface area contributed by atoms with E-state index < -0.39 is 5.97 Å². The van der Waals surface area contributed by atoms with Crippen LogP contribution in [0.1, 0.15) is 43.4 Å². The number of hydrogen-bond acceptors (Lipinski definition) is 5. The maximum Gasteiger partial charge on any atom is 0.341 e. The number of aromatic nitrogens is 3. The third-order valence-electron chi connectivity index (χ3n) is 5.34. The third-order valence-corrected chi connectivity index (χ3v) is 6.53. The van der Waals surface area contributed by atoms with E-state index in [9.17, 15) is 9.59 Å². The molecule has 0 fully saturated rings. The number of rotatable bonds is 4. The van der Waals surface area contributed by atoms with Gasteiger partial charge in [0.1, 0.15) is 17.3 Å². The summed E-state index contributed by atoms with van der Waals surface area (Å²) in [5.74, 6) is -0.411. The van der Waals surface area contributed by atoms with Gasteiger partial charge in [-0.15, -0.1) is 11.3 Å². The van der Waals surface area contributed by atoms with E-state index in [0.717, 1.165) is 32.4 Å². The lowest BCUT2D eigenvalue weighted by molar-refractivity contribution is 0.0467. The molecule has 6 nitrogen and oxygen atoms in total. The number of nitrogens with zero attached hydrogens (tertiary/aromatic N) is 3. The van der Waals surface area contributed by atoms with Crippen LogP contribution in [0.4, 0.5) is 0 Å². The van der Waals surface area contributed by atoms with Gasteiger partial charge in [0.25, 0.3) is 5.56 Å². The molecule has 0 unspecified atom stereocenters. The van der Waals surface area contributed by atoms with Crippen molar-refractivity contribution in [1.29, 1.82) is 0 Å². The van der Waals surface area contributed by atoms with Gasteiger partial charge < -0.3 is 9.30 Å². The maximum atomic E-state index is 13.1. The Morgan fingerprint density at radius 3 is 2.50 bits per heavy atom. The van der Waals surface area contributed by atoms with Gasteiger partial charge in [0.15, 0.2) is 0 Å². The summed E-state index contributed by atoms with van der Waals surface area (Å²) in [6, 6.07) is 9.17. The first-order valence-corrected chi connectivity index (χ1v) is 10.5. The summed E-state index contributed by atoms with van der Waals surface area (Å²) in [6.45, 7) is 9.80. The summed E-state index contributed by atoms with van der Waals surface area (Å²) in [5.41, 5.74) is 5.28. The number of thiophene rings is 1. The van der Waals surface area contributed by atoms with E-state index in [1.54, 1.807) is 23.6 Å². The van der Waals surface area contributed by atoms with Gasteiger partial charge >= 0.3 is 5.97 Å². The van der Waals surface area contributed by atoms with Crippen LogP contribution in [0.3, 0.4) is 0 Å². The average molecular weight is 422 g/mol. The molecule has 0 spiro atoms. The second kappa shape index (κ2) is 7.57. The van der Waals surface area contributed by atoms with Crippen molar-refractivity contribution < 1.29 is 9.53 Å². The van der Waals surface area contributed by atoms with E-state index >= 15 is 0 Å². The van der Waals surface area contributed by atoms with E-state index in [1.165, 1.54) is 10.5 Å². The number of pyridine rings is 1. The molecule has 0 radical (unpaired) electrons. The summed E-state index contributed by atoms with van der Waals surface area (Å²) in [5, 5.41) is 0.859. The lowest BCUT2D eigenvalue weighted by Gasteiger charge is -2.11. The largest absolute Gasteiger partial charge is 0.455 e. The molecule has 0 bridgehead atoms. The van der Waals surface area contributed by atoms with Crippen molar-refractivity contribution in [1.82, 2.24) is 14.0 Å². The molecule has 0 aliphatic rings. The van der Waals surface area contributed by atoms with Crippen LogP contribution in [0.5, 0.6) is 0 Å². The first kappa shape index (κ1) is 20.1. The Hall–Kier alpha value is -3.19. The molecule has 4 aromatic rings. The highest BCUT2D eigenvalue weighted by atomic mass is 32.1. The molecule has 0 amide bonds. The van der Waals surface area contributed by atoms with Crippen LogP contribution in [0, 0.1) is 34.6 Å². The molecule has 0 saturated carbocycles. The van der Waals surface area contributed by atoms with Crippen molar-refractivity contribution in [2.24, 2.45) is 0 Å². The molecule has 154 valence electrons. The van der Waals surface area contributed by atoms with Crippen molar-refractivity contribution in [3.63, 3.8) is 0 Å². The molecule has 0 N–H and O–H groups in total. The molecular formula is C23H23N3O3S. The SMILES string of the molecule is Cc1sc(-n2c(C)ccc2C)c(C(=O)OCc2cc(=O)n3cccc(C)c3n2)c1C. The molecule has 0 aliphatic heterocycles. The van der Waals surface area contributed by atoms with Gasteiger partial charge in [-0.2, -0.15) is 0 Å². The zero-order chi connectivity index (χ0) is 21.6. The minimum Gasteiger partial charge on any atom is -0.455 e. The summed E-state index contributed by atoms with van der Waals surface area (Å²) < 4.78 is 9.18. The van der Waals surface area contributed by atoms with Crippen molar-refractivity contribution in [2.75, 3.05) is 0 Å². The zero-order valence-electron chi connectivity index (χ0n) is 17.6. The average Bonchev–Trinajstić information content (AvgIpc) is 3.18. The molecule has 4 rings (SSSR count). The zero-order valence-corrected chi connectivity index (χ0v) is 18.5. The monoisotopic (exact) mass is 421 g/mol. The van der Waals surface area contributed by atoms with Crippen LogP contribution in [-0.2, 0) is 11.3 Å². The molecular weight excluding hydrogens is 398 g/mol. The predicted octanol–water partition coefficient (Wildman–Crippen LogP) is 4.45. The molecule has 0 atom stereocenters. The first-order chi connectivity index (χ1) is 14.3. The second-order valence-electron chi connectivity index (χ2n) is 7.46. The van der Waals surface area contributed by atoms with E-state index in [-0.39, 0.29) is 12.2 Å². The number of carbonyl (C=O) groups excluding carboxylic acids is 1. The van der Waals surface area contributed by atoms with Gasteiger partial charge in [-0.05, 0) is 63.9 Å². The van der Waals surface area contributed by atoms with Gasteiger partial charge in [0.2, 0.25) is 0 Å². The Balaban J connectivity index is 1.67. The predicted molar refractivity (Wildman–Crippen MR) is 118 cm³/mol. The number of hydrogen-bond donors (Lipinski definition) is 0. The number of esters is 1. The number of aryl methyl sites for hydroxylation is 4. The van der Waals surface area contributed by atoms with Gasteiger partial charge in [-0.3, -0.25) is 9.20 Å². The van der Waals surface area contributed by atoms with Crippen LogP contribution in [0.15, 0.2) is 41.3 Å². The minimum absolute atomic E-state index is 0.0592. The van der Waals surface area contributed by atoms with Gasteiger partial charge in [0, 0.05) is 28.5 Å². The van der Waals surface area contributed by atoms with Crippen LogP contribution in [0.2, 0.25) is 0 Å². The number of fused-ring (bicyclic) bond motifs is 1. The Morgan fingerprint density at radius 2 is 1.80 bits per heavy atom. The van der Waals surface area contributed by atoms with E-state index in [1.807, 2.05) is 52.8 Å². The molecule has 30 heavy (non-hydrogen) atoms. The molecule has 0 saturated heterocycles. The van der Waals surface area contributed by atoms with E-state index in [4.69, 9.17) is 4.74 Å². The van der Waals surface area contributed by atoms with Crippen LogP contribution < -0.4 is 5.56 Å². The Labute approximate surface area is 178 Å². The van der Waals surface area contributed by atoms with Crippen LogP contribution in [-0.4, -0.2) is 19.9 Å². The van der Waals surface area contributed by atoms with Gasteiger partial charge in [-0.25, -0.2) is 9.78 Å². The fourth-order valence-corrected chi connectivity index (χ4v) is 4.85.